The molecule has 1 aliphatic carbocycles. The van der Waals surface area contributed by atoms with E-state index < -0.39 is 9.84 Å². The molecule has 6 heteroatoms. The first-order valence-electron chi connectivity index (χ1n) is 8.64. The summed E-state index contributed by atoms with van der Waals surface area (Å²) in [5, 5.41) is 2.73. The summed E-state index contributed by atoms with van der Waals surface area (Å²) in [6, 6.07) is 6.83. The molecule has 0 aliphatic heterocycles. The van der Waals surface area contributed by atoms with Crippen LogP contribution in [0.3, 0.4) is 0 Å². The molecule has 1 saturated carbocycles. The standard InChI is InChI=1S/C19H23NO3S2/c1-25(22,23)16-8-6-15(7-9-16)17(12-14-4-2-3-5-14)18(21)13-19-20-10-11-24-19/h6-11,14,17H,2-5,12-13H2,1H3. The zero-order chi connectivity index (χ0) is 17.9. The van der Waals surface area contributed by atoms with Crippen LogP contribution < -0.4 is 0 Å². The van der Waals surface area contributed by atoms with E-state index in [0.29, 0.717) is 17.2 Å². The van der Waals surface area contributed by atoms with Gasteiger partial charge >= 0.3 is 0 Å². The SMILES string of the molecule is CS(=O)(=O)c1ccc(C(CC2CCCC2)C(=O)Cc2nccs2)cc1. The molecule has 0 saturated heterocycles. The van der Waals surface area contributed by atoms with E-state index in [1.807, 2.05) is 5.38 Å². The van der Waals surface area contributed by atoms with Crippen LogP contribution in [0.15, 0.2) is 40.7 Å². The van der Waals surface area contributed by atoms with Crippen molar-refractivity contribution in [2.75, 3.05) is 6.26 Å². The number of sulfone groups is 1. The van der Waals surface area contributed by atoms with E-state index in [2.05, 4.69) is 4.98 Å². The molecule has 1 atom stereocenters. The zero-order valence-corrected chi connectivity index (χ0v) is 16.0. The normalized spacial score (nSPS) is 16.8. The number of hydrogen-bond donors (Lipinski definition) is 0. The molecule has 0 bridgehead atoms. The highest BCUT2D eigenvalue weighted by Crippen LogP contribution is 2.35. The Morgan fingerprint density at radius 1 is 1.24 bits per heavy atom. The average Bonchev–Trinajstić information content (AvgIpc) is 3.25. The van der Waals surface area contributed by atoms with Gasteiger partial charge in [0.1, 0.15) is 5.78 Å². The van der Waals surface area contributed by atoms with Gasteiger partial charge in [-0.05, 0) is 30.0 Å². The van der Waals surface area contributed by atoms with Gasteiger partial charge < -0.3 is 0 Å². The first-order valence-corrected chi connectivity index (χ1v) is 11.4. The van der Waals surface area contributed by atoms with Crippen molar-refractivity contribution in [2.45, 2.75) is 49.3 Å². The van der Waals surface area contributed by atoms with Crippen LogP contribution in [0.2, 0.25) is 0 Å². The van der Waals surface area contributed by atoms with E-state index in [4.69, 9.17) is 0 Å². The van der Waals surface area contributed by atoms with E-state index in [1.165, 1.54) is 43.3 Å². The van der Waals surface area contributed by atoms with Gasteiger partial charge in [0.05, 0.1) is 16.3 Å². The second kappa shape index (κ2) is 7.79. The second-order valence-electron chi connectivity index (χ2n) is 6.85. The molecule has 0 amide bonds. The Kier molecular flexibility index (Phi) is 5.69. The summed E-state index contributed by atoms with van der Waals surface area (Å²) in [5.41, 5.74) is 0.917. The Hall–Kier alpha value is -1.53. The number of carbonyl (C=O) groups excluding carboxylic acids is 1. The number of aromatic nitrogens is 1. The summed E-state index contributed by atoms with van der Waals surface area (Å²) in [7, 11) is -3.22. The van der Waals surface area contributed by atoms with Crippen molar-refractivity contribution in [1.29, 1.82) is 0 Å². The molecule has 3 rings (SSSR count). The molecule has 1 aliphatic rings. The van der Waals surface area contributed by atoms with Gasteiger partial charge in [-0.25, -0.2) is 13.4 Å². The van der Waals surface area contributed by atoms with Crippen molar-refractivity contribution in [1.82, 2.24) is 4.98 Å². The smallest absolute Gasteiger partial charge is 0.175 e. The maximum Gasteiger partial charge on any atom is 0.175 e. The van der Waals surface area contributed by atoms with Gasteiger partial charge in [0.2, 0.25) is 0 Å². The Morgan fingerprint density at radius 2 is 1.92 bits per heavy atom. The quantitative estimate of drug-likeness (QED) is 0.731. The predicted molar refractivity (Wildman–Crippen MR) is 99.7 cm³/mol. The third-order valence-electron chi connectivity index (χ3n) is 4.95. The molecule has 25 heavy (non-hydrogen) atoms. The van der Waals surface area contributed by atoms with Gasteiger partial charge in [0.25, 0.3) is 0 Å². The van der Waals surface area contributed by atoms with E-state index in [1.54, 1.807) is 30.5 Å². The summed E-state index contributed by atoms with van der Waals surface area (Å²) in [4.78, 5) is 17.5. The summed E-state index contributed by atoms with van der Waals surface area (Å²) in [6.45, 7) is 0. The van der Waals surface area contributed by atoms with Gasteiger partial charge in [-0.15, -0.1) is 11.3 Å². The van der Waals surface area contributed by atoms with Gasteiger partial charge in [-0.3, -0.25) is 4.79 Å². The minimum atomic E-state index is -3.22. The molecule has 1 fully saturated rings. The lowest BCUT2D eigenvalue weighted by molar-refractivity contribution is -0.120. The topological polar surface area (TPSA) is 64.1 Å². The van der Waals surface area contributed by atoms with Gasteiger partial charge in [0.15, 0.2) is 9.84 Å². The first kappa shape index (κ1) is 18.3. The van der Waals surface area contributed by atoms with Gasteiger partial charge in [-0.1, -0.05) is 37.8 Å². The van der Waals surface area contributed by atoms with Gasteiger partial charge in [0, 0.05) is 23.8 Å². The lowest BCUT2D eigenvalue weighted by Crippen LogP contribution is -2.18. The van der Waals surface area contributed by atoms with Gasteiger partial charge in [-0.2, -0.15) is 0 Å². The summed E-state index contributed by atoms with van der Waals surface area (Å²) in [5.74, 6) is 0.578. The van der Waals surface area contributed by atoms with Crippen molar-refractivity contribution < 1.29 is 13.2 Å². The minimum Gasteiger partial charge on any atom is -0.299 e. The highest BCUT2D eigenvalue weighted by molar-refractivity contribution is 7.90. The van der Waals surface area contributed by atoms with E-state index >= 15 is 0 Å². The third-order valence-corrected chi connectivity index (χ3v) is 6.86. The lowest BCUT2D eigenvalue weighted by atomic mass is 9.84. The van der Waals surface area contributed by atoms with Crippen LogP contribution in [0.5, 0.6) is 0 Å². The summed E-state index contributed by atoms with van der Waals surface area (Å²) < 4.78 is 23.3. The van der Waals surface area contributed by atoms with Crippen molar-refractivity contribution >= 4 is 27.0 Å². The number of nitrogens with zero attached hydrogens (tertiary/aromatic N) is 1. The van der Waals surface area contributed by atoms with E-state index in [9.17, 15) is 13.2 Å². The highest BCUT2D eigenvalue weighted by atomic mass is 32.2. The highest BCUT2D eigenvalue weighted by Gasteiger charge is 2.27. The molecule has 4 nitrogen and oxygen atoms in total. The van der Waals surface area contributed by atoms with Crippen LogP contribution >= 0.6 is 11.3 Å². The fourth-order valence-electron chi connectivity index (χ4n) is 3.59. The zero-order valence-electron chi connectivity index (χ0n) is 14.3. The molecule has 0 N–H and O–H groups in total. The maximum atomic E-state index is 12.9. The number of carbonyl (C=O) groups is 1. The van der Waals surface area contributed by atoms with Crippen LogP contribution in [0.1, 0.15) is 48.6 Å². The van der Waals surface area contributed by atoms with Crippen molar-refractivity contribution in [3.63, 3.8) is 0 Å². The summed E-state index contributed by atoms with van der Waals surface area (Å²) in [6.07, 6.45) is 8.97. The molecule has 1 unspecified atom stereocenters. The second-order valence-corrected chi connectivity index (χ2v) is 9.84. The Labute approximate surface area is 153 Å². The largest absolute Gasteiger partial charge is 0.299 e. The van der Waals surface area contributed by atoms with Crippen molar-refractivity contribution in [3.05, 3.63) is 46.4 Å². The Balaban J connectivity index is 1.83. The fourth-order valence-corrected chi connectivity index (χ4v) is 4.85. The van der Waals surface area contributed by atoms with E-state index in [-0.39, 0.29) is 11.7 Å². The van der Waals surface area contributed by atoms with Crippen LogP contribution in [0, 0.1) is 5.92 Å². The molecule has 1 aromatic heterocycles. The Bertz CT molecular complexity index is 805. The summed E-state index contributed by atoms with van der Waals surface area (Å²) >= 11 is 1.50. The number of ketones is 1. The molecule has 134 valence electrons. The molecular weight excluding hydrogens is 354 g/mol. The maximum absolute atomic E-state index is 12.9. The van der Waals surface area contributed by atoms with Crippen molar-refractivity contribution in [2.24, 2.45) is 5.92 Å². The number of rotatable bonds is 7. The number of thiazole rings is 1. The monoisotopic (exact) mass is 377 g/mol. The molecule has 0 radical (unpaired) electrons. The van der Waals surface area contributed by atoms with Crippen LogP contribution in [-0.4, -0.2) is 25.4 Å². The average molecular weight is 378 g/mol. The molecule has 2 aromatic rings. The van der Waals surface area contributed by atoms with Crippen LogP contribution in [0.4, 0.5) is 0 Å². The van der Waals surface area contributed by atoms with Crippen LogP contribution in [-0.2, 0) is 21.1 Å². The Morgan fingerprint density at radius 3 is 2.48 bits per heavy atom. The predicted octanol–water partition coefficient (Wildman–Crippen LogP) is 4.02. The molecule has 1 aromatic carbocycles. The first-order chi connectivity index (χ1) is 11.9. The lowest BCUT2D eigenvalue weighted by Gasteiger charge is -2.20. The number of Topliss-reactive ketones (excluding diaryl/α,β-unsaturated/α-hetero) is 1. The van der Waals surface area contributed by atoms with Crippen LogP contribution in [0.25, 0.3) is 0 Å². The fraction of sp³-hybridized carbons (Fsp3) is 0.474. The minimum absolute atomic E-state index is 0.175. The van der Waals surface area contributed by atoms with Crippen molar-refractivity contribution in [3.8, 4) is 0 Å². The van der Waals surface area contributed by atoms with E-state index in [0.717, 1.165) is 17.0 Å². The molecular formula is C19H23NO3S2. The molecule has 0 spiro atoms. The molecule has 1 heterocycles. The third kappa shape index (κ3) is 4.76. The number of benzene rings is 1. The number of hydrogen-bond acceptors (Lipinski definition) is 5.